The first-order valence-electron chi connectivity index (χ1n) is 14.6. The maximum Gasteiger partial charge on any atom is -0.0579 e. The molecule has 6 aromatic rings. The van der Waals surface area contributed by atoms with Crippen LogP contribution in [-0.4, -0.2) is 5.43 Å². The average molecular weight is 689 g/mol. The zero-order valence-electron chi connectivity index (χ0n) is 26.1. The summed E-state index contributed by atoms with van der Waals surface area (Å²) in [6.45, 7) is 18.0. The van der Waals surface area contributed by atoms with Crippen LogP contribution in [0.1, 0.15) is 58.2 Å². The number of aryl methyl sites for hydroxylation is 1. The molecule has 42 heavy (non-hydrogen) atoms. The molecule has 0 heterocycles. The summed E-state index contributed by atoms with van der Waals surface area (Å²) in [5.74, 6) is 0. The smallest absolute Gasteiger partial charge is 0.0579 e. The Morgan fingerprint density at radius 3 is 1.57 bits per heavy atom. The Morgan fingerprint density at radius 2 is 1.10 bits per heavy atom. The second-order valence-electron chi connectivity index (χ2n) is 13.2. The fraction of sp³-hybridized carbons (Fsp3) is 0.263. The van der Waals surface area contributed by atoms with Crippen molar-refractivity contribution in [1.29, 1.82) is 0 Å². The normalized spacial score (nSPS) is 11.6. The first-order valence-corrected chi connectivity index (χ1v) is 26.6. The van der Waals surface area contributed by atoms with E-state index in [1.54, 1.807) is 0 Å². The molecule has 0 aliphatic carbocycles. The minimum absolute atomic E-state index is 0.203. The van der Waals surface area contributed by atoms with Gasteiger partial charge in [-0.3, -0.25) is 0 Å². The van der Waals surface area contributed by atoms with Crippen molar-refractivity contribution in [3.8, 4) is 0 Å². The molecular weight excluding hydrogens is 647 g/mol. The van der Waals surface area contributed by atoms with Gasteiger partial charge in [-0.05, 0) is 10.8 Å². The molecule has 0 N–H and O–H groups in total. The molecule has 0 aliphatic heterocycles. The van der Waals surface area contributed by atoms with Crippen molar-refractivity contribution in [2.45, 2.75) is 65.8 Å². The summed E-state index contributed by atoms with van der Waals surface area (Å²) in [5.41, 5.74) is 4.00. The van der Waals surface area contributed by atoms with Crippen LogP contribution in [0.2, 0.25) is 6.55 Å². The molecule has 0 aromatic heterocycles. The fourth-order valence-corrected chi connectivity index (χ4v) is 12.7. The van der Waals surface area contributed by atoms with Crippen LogP contribution in [0.15, 0.2) is 109 Å². The molecule has 218 valence electrons. The van der Waals surface area contributed by atoms with Gasteiger partial charge in [0.15, 0.2) is 0 Å². The van der Waals surface area contributed by atoms with Crippen molar-refractivity contribution < 1.29 is 18.0 Å². The zero-order valence-corrected chi connectivity index (χ0v) is 31.1. The third-order valence-corrected chi connectivity index (χ3v) is 25.8. The summed E-state index contributed by atoms with van der Waals surface area (Å²) in [6, 6.07) is 39.4. The molecule has 0 atom stereocenters. The first kappa shape index (κ1) is 32.9. The molecule has 0 unspecified atom stereocenters. The molecule has 4 heteroatoms. The molecule has 0 nitrogen and oxygen atoms in total. The van der Waals surface area contributed by atoms with Crippen molar-refractivity contribution in [2.24, 2.45) is 0 Å². The number of benzene rings is 4. The predicted octanol–water partition coefficient (Wildman–Crippen LogP) is 11.6. The maximum atomic E-state index is 5.97. The van der Waals surface area contributed by atoms with Crippen molar-refractivity contribution in [3.05, 3.63) is 126 Å². The number of rotatable bonds is 1. The molecule has 0 amide bonds. The van der Waals surface area contributed by atoms with E-state index in [1.165, 1.54) is 54.2 Å². The van der Waals surface area contributed by atoms with Crippen molar-refractivity contribution >= 4 is 60.0 Å². The molecule has 0 saturated carbocycles. The molecule has 0 radical (unpaired) electrons. The van der Waals surface area contributed by atoms with Gasteiger partial charge in [-0.1, -0.05) is 89.9 Å². The first-order chi connectivity index (χ1) is 19.7. The van der Waals surface area contributed by atoms with Gasteiger partial charge in [0.25, 0.3) is 0 Å². The van der Waals surface area contributed by atoms with E-state index in [0.717, 1.165) is 0 Å². The summed E-state index contributed by atoms with van der Waals surface area (Å²) in [4.78, 5) is 0. The molecule has 0 fully saturated rings. The number of halogens is 2. The van der Waals surface area contributed by atoms with Crippen LogP contribution >= 0.6 is 17.0 Å². The largest absolute Gasteiger partial charge is 0.165 e. The van der Waals surface area contributed by atoms with E-state index in [4.69, 9.17) is 17.0 Å². The van der Waals surface area contributed by atoms with Gasteiger partial charge in [-0.2, -0.15) is 6.07 Å². The van der Waals surface area contributed by atoms with Gasteiger partial charge in [0, 0.05) is 0 Å². The summed E-state index contributed by atoms with van der Waals surface area (Å²) in [6.07, 6.45) is 0. The Labute approximate surface area is 267 Å². The summed E-state index contributed by atoms with van der Waals surface area (Å²) >= 11 is -1.95. The third-order valence-electron chi connectivity index (χ3n) is 7.69. The van der Waals surface area contributed by atoms with Crippen LogP contribution in [0.25, 0.3) is 32.3 Å². The monoisotopic (exact) mass is 686 g/mol. The van der Waals surface area contributed by atoms with E-state index in [1.807, 2.05) is 18.2 Å². The van der Waals surface area contributed by atoms with E-state index < -0.39 is 23.4 Å². The molecular formula is C38H42Cl2SiZr-2. The minimum atomic E-state index is -1.95. The van der Waals surface area contributed by atoms with E-state index >= 15 is 0 Å². The molecule has 0 spiro atoms. The van der Waals surface area contributed by atoms with Crippen LogP contribution in [0.3, 0.4) is 0 Å². The zero-order chi connectivity index (χ0) is 30.7. The van der Waals surface area contributed by atoms with Gasteiger partial charge in [0.1, 0.15) is 0 Å². The van der Waals surface area contributed by atoms with Crippen LogP contribution < -0.4 is 5.19 Å². The van der Waals surface area contributed by atoms with Crippen molar-refractivity contribution in [1.82, 2.24) is 0 Å². The third kappa shape index (κ3) is 8.35. The van der Waals surface area contributed by atoms with Crippen LogP contribution in [0, 0.1) is 6.92 Å². The van der Waals surface area contributed by atoms with E-state index in [9.17, 15) is 0 Å². The number of fused-ring (bicyclic) bond motifs is 4. The fourth-order valence-electron chi connectivity index (χ4n) is 5.06. The van der Waals surface area contributed by atoms with E-state index in [2.05, 4.69) is 146 Å². The maximum absolute atomic E-state index is 5.97. The number of hydrogen-bond acceptors (Lipinski definition) is 0. The Morgan fingerprint density at radius 1 is 0.595 bits per heavy atom. The molecule has 0 saturated heterocycles. The number of hydrogen-bond donors (Lipinski definition) is 0. The quantitative estimate of drug-likeness (QED) is 0.119. The Hall–Kier alpha value is -1.96. The van der Waals surface area contributed by atoms with Gasteiger partial charge in [0.2, 0.25) is 0 Å². The average Bonchev–Trinajstić information content (AvgIpc) is 3.51. The van der Waals surface area contributed by atoms with Gasteiger partial charge in [-0.25, -0.2) is 0 Å². The van der Waals surface area contributed by atoms with Crippen LogP contribution in [0.5, 0.6) is 0 Å². The molecule has 6 rings (SSSR count). The van der Waals surface area contributed by atoms with E-state index in [0.29, 0.717) is 0 Å². The van der Waals surface area contributed by atoms with Gasteiger partial charge < -0.3 is 0 Å². The van der Waals surface area contributed by atoms with Crippen LogP contribution in [0.4, 0.5) is 0 Å². The molecule has 0 bridgehead atoms. The van der Waals surface area contributed by atoms with Gasteiger partial charge in [-0.15, -0.1) is 80.3 Å². The second kappa shape index (κ2) is 13.8. The SMILES string of the molecule is CC(C)(C)c1ccc2c(c1)[cH-]c1cc(C(C)(C)C)ccc12.C[Si](c1ccccc1)=[Zr]([Cl])[Cl].Cc1cc2ccccc2[cH-]1. The second-order valence-corrected chi connectivity index (χ2v) is 34.1. The topological polar surface area (TPSA) is 0 Å². The van der Waals surface area contributed by atoms with Gasteiger partial charge >= 0.3 is 82.5 Å². The van der Waals surface area contributed by atoms with Crippen LogP contribution in [-0.2, 0) is 28.8 Å². The van der Waals surface area contributed by atoms with Crippen molar-refractivity contribution in [2.75, 3.05) is 0 Å². The minimum Gasteiger partial charge on any atom is -0.165 e. The van der Waals surface area contributed by atoms with Gasteiger partial charge in [0.05, 0.1) is 0 Å². The Bertz CT molecular complexity index is 1720. The molecule has 0 aliphatic rings. The Kier molecular flexibility index (Phi) is 10.8. The Balaban J connectivity index is 0.000000161. The predicted molar refractivity (Wildman–Crippen MR) is 188 cm³/mol. The summed E-state index contributed by atoms with van der Waals surface area (Å²) in [7, 11) is 11.9. The standard InChI is InChI=1S/C21H25.C10H9.C7H8Si.2ClH.Zr/c1-20(2,3)16-7-9-18-14(12-16)11-15-13-17(21(4,5)6)8-10-19(15)18;1-8-6-9-4-2-3-5-10(9)7-8;1-8-7-5-3-2-4-6-7;;;/h7-13H,1-6H3;2-7H,1H3;2-6H,1H3;2*1H;/q2*-1;;;;+2/p-2. The summed E-state index contributed by atoms with van der Waals surface area (Å²) in [5, 5.41) is 9.54. The van der Waals surface area contributed by atoms with E-state index in [-0.39, 0.29) is 10.8 Å². The van der Waals surface area contributed by atoms with Crippen molar-refractivity contribution in [3.63, 3.8) is 0 Å². The molecule has 6 aromatic carbocycles. The summed E-state index contributed by atoms with van der Waals surface area (Å²) < 4.78 is 0.